The molecule has 7 heteroatoms. The monoisotopic (exact) mass is 467 g/mol. The van der Waals surface area contributed by atoms with Gasteiger partial charge in [-0.05, 0) is 47.7 Å². The third-order valence-corrected chi connectivity index (χ3v) is 6.25. The molecule has 2 heterocycles. The number of nitriles is 1. The molecule has 2 N–H and O–H groups in total. The van der Waals surface area contributed by atoms with Crippen LogP contribution >= 0.6 is 0 Å². The fourth-order valence-electron chi connectivity index (χ4n) is 4.21. The number of hydrogen-bond acceptors (Lipinski definition) is 6. The second-order valence-electron chi connectivity index (χ2n) is 8.84. The van der Waals surface area contributed by atoms with Crippen LogP contribution in [0.25, 0.3) is 0 Å². The lowest BCUT2D eigenvalue weighted by atomic mass is 9.98. The number of pyridine rings is 1. The Morgan fingerprint density at radius 3 is 2.51 bits per heavy atom. The maximum atomic E-state index is 13.3. The molecule has 1 fully saturated rings. The largest absolute Gasteiger partial charge is 0.363 e. The average molecular weight is 468 g/mol. The van der Waals surface area contributed by atoms with Crippen molar-refractivity contribution in [2.45, 2.75) is 31.7 Å². The molecule has 1 saturated heterocycles. The Kier molecular flexibility index (Phi) is 7.86. The van der Waals surface area contributed by atoms with Crippen LogP contribution in [0.3, 0.4) is 0 Å². The van der Waals surface area contributed by atoms with E-state index < -0.39 is 6.04 Å². The van der Waals surface area contributed by atoms with Crippen molar-refractivity contribution in [2.75, 3.05) is 29.9 Å². The minimum Gasteiger partial charge on any atom is -0.363 e. The Morgan fingerprint density at radius 2 is 1.86 bits per heavy atom. The highest BCUT2D eigenvalue weighted by Gasteiger charge is 2.22. The van der Waals surface area contributed by atoms with Crippen LogP contribution in [-0.2, 0) is 9.59 Å². The van der Waals surface area contributed by atoms with Gasteiger partial charge >= 0.3 is 0 Å². The van der Waals surface area contributed by atoms with E-state index in [0.29, 0.717) is 30.9 Å². The minimum absolute atomic E-state index is 0.145. The molecule has 35 heavy (non-hydrogen) atoms. The molecule has 2 atom stereocenters. The van der Waals surface area contributed by atoms with Crippen LogP contribution in [-0.4, -0.2) is 36.3 Å². The molecule has 7 nitrogen and oxygen atoms in total. The number of benzene rings is 2. The predicted octanol–water partition coefficient (Wildman–Crippen LogP) is 4.20. The number of ketones is 1. The van der Waals surface area contributed by atoms with Gasteiger partial charge in [-0.2, -0.15) is 5.26 Å². The second-order valence-corrected chi connectivity index (χ2v) is 8.84. The highest BCUT2D eigenvalue weighted by atomic mass is 16.2. The SMILES string of the molecule is CC(CNC(C(=O)Nc1ccc(N2CCCC(=O)C2)cn1)c1ccccc1)c1ccc(C#N)cc1. The van der Waals surface area contributed by atoms with Crippen LogP contribution in [0.1, 0.15) is 48.4 Å². The van der Waals surface area contributed by atoms with Gasteiger partial charge in [-0.25, -0.2) is 4.98 Å². The van der Waals surface area contributed by atoms with Gasteiger partial charge in [-0.1, -0.05) is 49.4 Å². The summed E-state index contributed by atoms with van der Waals surface area (Å²) in [5, 5.41) is 15.3. The average Bonchev–Trinajstić information content (AvgIpc) is 2.90. The molecule has 3 aromatic rings. The summed E-state index contributed by atoms with van der Waals surface area (Å²) in [6.45, 7) is 3.90. The molecule has 178 valence electrons. The van der Waals surface area contributed by atoms with Crippen LogP contribution < -0.4 is 15.5 Å². The summed E-state index contributed by atoms with van der Waals surface area (Å²) in [7, 11) is 0. The highest BCUT2D eigenvalue weighted by molar-refractivity contribution is 5.95. The molecule has 1 aliphatic rings. The molecule has 1 aromatic heterocycles. The number of nitrogens with zero attached hydrogens (tertiary/aromatic N) is 3. The van der Waals surface area contributed by atoms with Crippen molar-refractivity contribution in [3.05, 3.63) is 89.6 Å². The summed E-state index contributed by atoms with van der Waals surface area (Å²) in [6.07, 6.45) is 3.19. The smallest absolute Gasteiger partial charge is 0.247 e. The van der Waals surface area contributed by atoms with Crippen molar-refractivity contribution in [1.82, 2.24) is 10.3 Å². The lowest BCUT2D eigenvalue weighted by molar-refractivity contribution is -0.119. The van der Waals surface area contributed by atoms with Crippen molar-refractivity contribution in [3.63, 3.8) is 0 Å². The van der Waals surface area contributed by atoms with Gasteiger partial charge < -0.3 is 15.5 Å². The fourth-order valence-corrected chi connectivity index (χ4v) is 4.21. The first-order valence-corrected chi connectivity index (χ1v) is 11.9. The van der Waals surface area contributed by atoms with E-state index in [2.05, 4.69) is 28.6 Å². The molecular weight excluding hydrogens is 438 g/mol. The molecule has 0 bridgehead atoms. The van der Waals surface area contributed by atoms with Crippen molar-refractivity contribution < 1.29 is 9.59 Å². The van der Waals surface area contributed by atoms with Gasteiger partial charge in [0, 0.05) is 19.5 Å². The number of carbonyl (C=O) groups is 2. The lowest BCUT2D eigenvalue weighted by Crippen LogP contribution is -2.36. The normalized spacial score (nSPS) is 15.2. The van der Waals surface area contributed by atoms with E-state index in [1.54, 1.807) is 12.3 Å². The van der Waals surface area contributed by atoms with Crippen LogP contribution in [0, 0.1) is 11.3 Å². The summed E-state index contributed by atoms with van der Waals surface area (Å²) < 4.78 is 0. The Bertz CT molecular complexity index is 1190. The predicted molar refractivity (Wildman–Crippen MR) is 136 cm³/mol. The minimum atomic E-state index is -0.557. The van der Waals surface area contributed by atoms with Crippen molar-refractivity contribution in [3.8, 4) is 6.07 Å². The molecule has 2 aromatic carbocycles. The third kappa shape index (κ3) is 6.31. The molecular formula is C28H29N5O2. The van der Waals surface area contributed by atoms with Crippen molar-refractivity contribution in [2.24, 2.45) is 0 Å². The number of carbonyl (C=O) groups excluding carboxylic acids is 2. The van der Waals surface area contributed by atoms with Crippen molar-refractivity contribution >= 4 is 23.2 Å². The number of nitrogens with one attached hydrogen (secondary N) is 2. The zero-order valence-electron chi connectivity index (χ0n) is 19.8. The van der Waals surface area contributed by atoms with Crippen LogP contribution in [0.15, 0.2) is 72.9 Å². The summed E-state index contributed by atoms with van der Waals surface area (Å²) in [5.41, 5.74) is 3.46. The summed E-state index contributed by atoms with van der Waals surface area (Å²) in [5.74, 6) is 0.647. The van der Waals surface area contributed by atoms with Crippen LogP contribution in [0.4, 0.5) is 11.5 Å². The van der Waals surface area contributed by atoms with Gasteiger partial charge in [0.15, 0.2) is 5.78 Å². The Hall–Kier alpha value is -4.02. The van der Waals surface area contributed by atoms with E-state index in [0.717, 1.165) is 29.8 Å². The highest BCUT2D eigenvalue weighted by Crippen LogP contribution is 2.22. The molecule has 4 rings (SSSR count). The number of hydrogen-bond donors (Lipinski definition) is 2. The third-order valence-electron chi connectivity index (χ3n) is 6.25. The van der Waals surface area contributed by atoms with Gasteiger partial charge in [0.1, 0.15) is 11.9 Å². The van der Waals surface area contributed by atoms with Gasteiger partial charge in [-0.15, -0.1) is 0 Å². The fraction of sp³-hybridized carbons (Fsp3) is 0.286. The Balaban J connectivity index is 1.43. The van der Waals surface area contributed by atoms with Crippen LogP contribution in [0.2, 0.25) is 0 Å². The lowest BCUT2D eigenvalue weighted by Gasteiger charge is -2.27. The molecule has 1 aliphatic heterocycles. The van der Waals surface area contributed by atoms with E-state index in [1.165, 1.54) is 0 Å². The van der Waals surface area contributed by atoms with E-state index in [9.17, 15) is 9.59 Å². The number of piperidine rings is 1. The molecule has 2 unspecified atom stereocenters. The molecule has 0 saturated carbocycles. The zero-order valence-corrected chi connectivity index (χ0v) is 19.8. The summed E-state index contributed by atoms with van der Waals surface area (Å²) in [6, 6.07) is 22.3. The number of anilines is 2. The van der Waals surface area contributed by atoms with Gasteiger partial charge in [0.2, 0.25) is 5.91 Å². The summed E-state index contributed by atoms with van der Waals surface area (Å²) in [4.78, 5) is 31.5. The van der Waals surface area contributed by atoms with E-state index in [-0.39, 0.29) is 17.6 Å². The zero-order chi connectivity index (χ0) is 24.6. The first-order chi connectivity index (χ1) is 17.0. The second kappa shape index (κ2) is 11.4. The van der Waals surface area contributed by atoms with E-state index in [1.807, 2.05) is 65.6 Å². The number of rotatable bonds is 8. The number of Topliss-reactive ketones (excluding diaryl/α,β-unsaturated/α-hetero) is 1. The van der Waals surface area contributed by atoms with Gasteiger partial charge in [0.05, 0.1) is 30.1 Å². The number of aromatic nitrogens is 1. The first-order valence-electron chi connectivity index (χ1n) is 11.9. The van der Waals surface area contributed by atoms with Crippen molar-refractivity contribution in [1.29, 1.82) is 5.26 Å². The molecule has 0 spiro atoms. The van der Waals surface area contributed by atoms with E-state index in [4.69, 9.17) is 5.26 Å². The Labute approximate surface area is 205 Å². The maximum Gasteiger partial charge on any atom is 0.247 e. The molecule has 0 radical (unpaired) electrons. The maximum absolute atomic E-state index is 13.3. The molecule has 1 amide bonds. The first kappa shape index (κ1) is 24.1. The topological polar surface area (TPSA) is 98.1 Å². The van der Waals surface area contributed by atoms with E-state index >= 15 is 0 Å². The summed E-state index contributed by atoms with van der Waals surface area (Å²) >= 11 is 0. The number of amides is 1. The Morgan fingerprint density at radius 1 is 1.09 bits per heavy atom. The molecule has 0 aliphatic carbocycles. The van der Waals surface area contributed by atoms with Crippen LogP contribution in [0.5, 0.6) is 0 Å². The quantitative estimate of drug-likeness (QED) is 0.515. The van der Waals surface area contributed by atoms with Gasteiger partial charge in [-0.3, -0.25) is 9.59 Å². The van der Waals surface area contributed by atoms with Gasteiger partial charge in [0.25, 0.3) is 0 Å². The standard InChI is InChI=1S/C28H29N5O2/c1-20(22-11-9-21(16-29)10-12-22)17-31-27(23-6-3-2-4-7-23)28(35)32-26-14-13-24(18-30-26)33-15-5-8-25(34)19-33/h2-4,6-7,9-14,18,20,27,31H,5,8,15,17,19H2,1H3,(H,30,32,35).